The Balaban J connectivity index is 1.84. The number of hydrogen-bond donors (Lipinski definition) is 1. The lowest BCUT2D eigenvalue weighted by atomic mass is 10.0. The third-order valence-electron chi connectivity index (χ3n) is 4.69. The van der Waals surface area contributed by atoms with Gasteiger partial charge in [0, 0.05) is 11.9 Å². The SMILES string of the molecule is CCCCCCC1=NOC(=O)C1=CNc1ccc(CCCCCC)cc1. The first-order valence-electron chi connectivity index (χ1n) is 10.1. The van der Waals surface area contributed by atoms with E-state index in [2.05, 4.69) is 48.6 Å². The van der Waals surface area contributed by atoms with Crippen LogP contribution < -0.4 is 5.32 Å². The van der Waals surface area contributed by atoms with E-state index < -0.39 is 0 Å². The van der Waals surface area contributed by atoms with Crippen LogP contribution in [0.1, 0.15) is 77.2 Å². The van der Waals surface area contributed by atoms with E-state index in [1.54, 1.807) is 6.20 Å². The second-order valence-corrected chi connectivity index (χ2v) is 6.94. The molecule has 0 saturated heterocycles. The molecule has 0 aliphatic carbocycles. The van der Waals surface area contributed by atoms with Crippen LogP contribution in [0.25, 0.3) is 0 Å². The first kappa shape index (κ1) is 20.2. The predicted octanol–water partition coefficient (Wildman–Crippen LogP) is 5.99. The average Bonchev–Trinajstić information content (AvgIpc) is 3.01. The maximum Gasteiger partial charge on any atom is 0.369 e. The van der Waals surface area contributed by atoms with Gasteiger partial charge in [-0.25, -0.2) is 4.79 Å². The number of benzene rings is 1. The van der Waals surface area contributed by atoms with Gasteiger partial charge in [-0.05, 0) is 43.4 Å². The number of anilines is 1. The molecule has 0 fully saturated rings. The zero-order valence-corrected chi connectivity index (χ0v) is 16.2. The minimum Gasteiger partial charge on any atom is -0.361 e. The van der Waals surface area contributed by atoms with Crippen LogP contribution in [-0.4, -0.2) is 11.7 Å². The number of nitrogens with zero attached hydrogens (tertiary/aromatic N) is 1. The van der Waals surface area contributed by atoms with Gasteiger partial charge in [-0.15, -0.1) is 0 Å². The molecule has 26 heavy (non-hydrogen) atoms. The third-order valence-corrected chi connectivity index (χ3v) is 4.69. The van der Waals surface area contributed by atoms with E-state index in [0.29, 0.717) is 5.57 Å². The quantitative estimate of drug-likeness (QED) is 0.284. The summed E-state index contributed by atoms with van der Waals surface area (Å²) in [5, 5.41) is 7.14. The van der Waals surface area contributed by atoms with Gasteiger partial charge in [0.05, 0.1) is 5.71 Å². The summed E-state index contributed by atoms with van der Waals surface area (Å²) >= 11 is 0. The third kappa shape index (κ3) is 6.66. The molecule has 4 nitrogen and oxygen atoms in total. The Morgan fingerprint density at radius 1 is 0.923 bits per heavy atom. The zero-order chi connectivity index (χ0) is 18.6. The van der Waals surface area contributed by atoms with Crippen LogP contribution in [0.5, 0.6) is 0 Å². The lowest BCUT2D eigenvalue weighted by Gasteiger charge is -2.05. The fraction of sp³-hybridized carbons (Fsp3) is 0.545. The van der Waals surface area contributed by atoms with Crippen LogP contribution >= 0.6 is 0 Å². The average molecular weight is 357 g/mol. The van der Waals surface area contributed by atoms with E-state index in [-0.39, 0.29) is 5.97 Å². The molecule has 0 saturated carbocycles. The summed E-state index contributed by atoms with van der Waals surface area (Å²) in [7, 11) is 0. The molecule has 1 aromatic rings. The van der Waals surface area contributed by atoms with Crippen molar-refractivity contribution >= 4 is 17.4 Å². The van der Waals surface area contributed by atoms with E-state index in [1.165, 1.54) is 44.1 Å². The number of carbonyl (C=O) groups is 1. The normalized spacial score (nSPS) is 15.2. The molecule has 2 rings (SSSR count). The van der Waals surface area contributed by atoms with Crippen molar-refractivity contribution < 1.29 is 9.63 Å². The first-order valence-corrected chi connectivity index (χ1v) is 10.1. The molecule has 142 valence electrons. The van der Waals surface area contributed by atoms with Crippen LogP contribution in [0, 0.1) is 0 Å². The summed E-state index contributed by atoms with van der Waals surface area (Å²) in [6.45, 7) is 4.42. The number of hydrogen-bond acceptors (Lipinski definition) is 4. The highest BCUT2D eigenvalue weighted by Crippen LogP contribution is 2.18. The van der Waals surface area contributed by atoms with Gasteiger partial charge >= 0.3 is 5.97 Å². The number of rotatable bonds is 12. The fourth-order valence-electron chi connectivity index (χ4n) is 3.03. The molecule has 0 aromatic heterocycles. The molecule has 1 heterocycles. The lowest BCUT2D eigenvalue weighted by Crippen LogP contribution is -2.08. The largest absolute Gasteiger partial charge is 0.369 e. The maximum atomic E-state index is 11.9. The molecular weight excluding hydrogens is 324 g/mol. The van der Waals surface area contributed by atoms with Gasteiger partial charge in [-0.2, -0.15) is 0 Å². The van der Waals surface area contributed by atoms with Crippen LogP contribution in [0.2, 0.25) is 0 Å². The topological polar surface area (TPSA) is 50.7 Å². The predicted molar refractivity (Wildman–Crippen MR) is 108 cm³/mol. The Labute approximate surface area is 157 Å². The van der Waals surface area contributed by atoms with E-state index in [4.69, 9.17) is 4.84 Å². The second-order valence-electron chi connectivity index (χ2n) is 6.94. The summed E-state index contributed by atoms with van der Waals surface area (Å²) < 4.78 is 0. The Hall–Kier alpha value is -2.10. The van der Waals surface area contributed by atoms with Crippen molar-refractivity contribution in [2.45, 2.75) is 78.1 Å². The highest BCUT2D eigenvalue weighted by molar-refractivity contribution is 6.22. The summed E-state index contributed by atoms with van der Waals surface area (Å²) in [5.41, 5.74) is 3.63. The van der Waals surface area contributed by atoms with Crippen molar-refractivity contribution in [3.05, 3.63) is 41.6 Å². The standard InChI is InChI=1S/C22H32N2O2/c1-3-5-7-9-11-18-13-15-19(16-14-18)23-17-20-21(24-26-22(20)25)12-10-8-6-4-2/h13-17,23H,3-12H2,1-2H3. The molecule has 0 radical (unpaired) electrons. The Bertz CT molecular complexity index is 618. The molecular formula is C22H32N2O2. The maximum absolute atomic E-state index is 11.9. The van der Waals surface area contributed by atoms with E-state index in [9.17, 15) is 4.79 Å². The Kier molecular flexibility index (Phi) is 8.94. The van der Waals surface area contributed by atoms with Crippen LogP contribution in [0.3, 0.4) is 0 Å². The highest BCUT2D eigenvalue weighted by atomic mass is 16.7. The van der Waals surface area contributed by atoms with E-state index in [0.717, 1.165) is 37.1 Å². The van der Waals surface area contributed by atoms with Crippen molar-refractivity contribution in [3.63, 3.8) is 0 Å². The molecule has 0 bridgehead atoms. The van der Waals surface area contributed by atoms with Gasteiger partial charge in [0.15, 0.2) is 0 Å². The number of carbonyl (C=O) groups excluding carboxylic acids is 1. The monoisotopic (exact) mass is 356 g/mol. The molecule has 0 unspecified atom stereocenters. The van der Waals surface area contributed by atoms with E-state index in [1.807, 2.05) is 0 Å². The molecule has 1 N–H and O–H groups in total. The van der Waals surface area contributed by atoms with Crippen molar-refractivity contribution in [3.8, 4) is 0 Å². The number of oxime groups is 1. The number of nitrogens with one attached hydrogen (secondary N) is 1. The van der Waals surface area contributed by atoms with Crippen LogP contribution in [0.4, 0.5) is 5.69 Å². The van der Waals surface area contributed by atoms with Gasteiger partial charge in [-0.1, -0.05) is 69.7 Å². The van der Waals surface area contributed by atoms with Crippen molar-refractivity contribution in [1.82, 2.24) is 0 Å². The highest BCUT2D eigenvalue weighted by Gasteiger charge is 2.24. The summed E-state index contributed by atoms with van der Waals surface area (Å²) in [4.78, 5) is 16.7. The van der Waals surface area contributed by atoms with Crippen LogP contribution in [-0.2, 0) is 16.1 Å². The molecule has 4 heteroatoms. The zero-order valence-electron chi connectivity index (χ0n) is 16.2. The van der Waals surface area contributed by atoms with Gasteiger partial charge in [0.25, 0.3) is 0 Å². The van der Waals surface area contributed by atoms with Gasteiger partial charge in [0.2, 0.25) is 0 Å². The first-order chi connectivity index (χ1) is 12.7. The summed E-state index contributed by atoms with van der Waals surface area (Å²) in [6.07, 6.45) is 13.4. The second kappa shape index (κ2) is 11.5. The van der Waals surface area contributed by atoms with E-state index >= 15 is 0 Å². The molecule has 1 aromatic carbocycles. The molecule has 0 atom stereocenters. The van der Waals surface area contributed by atoms with Crippen LogP contribution in [0.15, 0.2) is 41.2 Å². The van der Waals surface area contributed by atoms with Crippen molar-refractivity contribution in [2.24, 2.45) is 5.16 Å². The smallest absolute Gasteiger partial charge is 0.361 e. The summed E-state index contributed by atoms with van der Waals surface area (Å²) in [6, 6.07) is 8.42. The molecule has 1 aliphatic rings. The fourth-order valence-corrected chi connectivity index (χ4v) is 3.03. The minimum absolute atomic E-state index is 0.365. The molecule has 0 amide bonds. The molecule has 1 aliphatic heterocycles. The lowest BCUT2D eigenvalue weighted by molar-refractivity contribution is -0.136. The Morgan fingerprint density at radius 2 is 1.58 bits per heavy atom. The molecule has 0 spiro atoms. The Morgan fingerprint density at radius 3 is 2.23 bits per heavy atom. The van der Waals surface area contributed by atoms with Crippen molar-refractivity contribution in [1.29, 1.82) is 0 Å². The summed E-state index contributed by atoms with van der Waals surface area (Å²) in [5.74, 6) is -0.365. The van der Waals surface area contributed by atoms with Gasteiger partial charge in [0.1, 0.15) is 5.57 Å². The number of unbranched alkanes of at least 4 members (excludes halogenated alkanes) is 6. The van der Waals surface area contributed by atoms with Crippen molar-refractivity contribution in [2.75, 3.05) is 5.32 Å². The number of aryl methyl sites for hydroxylation is 1. The van der Waals surface area contributed by atoms with Gasteiger partial charge < -0.3 is 10.2 Å². The van der Waals surface area contributed by atoms with Gasteiger partial charge in [-0.3, -0.25) is 0 Å². The minimum atomic E-state index is -0.365.